The molecule has 1 aromatic heterocycles. The van der Waals surface area contributed by atoms with Gasteiger partial charge in [-0.3, -0.25) is 43.4 Å². The van der Waals surface area contributed by atoms with Gasteiger partial charge in [0.1, 0.15) is 17.3 Å². The minimum Gasteiger partial charge on any atom is -0.497 e. The van der Waals surface area contributed by atoms with Crippen LogP contribution in [0.15, 0.2) is 115 Å². The number of piperazine rings is 2. The number of fused-ring (bicyclic) bond motifs is 1. The zero-order valence-corrected chi connectivity index (χ0v) is 55.3. The van der Waals surface area contributed by atoms with Gasteiger partial charge < -0.3 is 49.8 Å². The highest BCUT2D eigenvalue weighted by Gasteiger charge is 2.31. The molecule has 0 spiro atoms. The van der Waals surface area contributed by atoms with Crippen molar-refractivity contribution in [3.63, 3.8) is 0 Å². The van der Waals surface area contributed by atoms with Crippen LogP contribution in [0.5, 0.6) is 11.5 Å². The number of hydrogen-bond donors (Lipinski definition) is 4. The normalized spacial score (nSPS) is 16.0. The Hall–Kier alpha value is -8.31. The number of benzene rings is 4. The molecule has 6 amide bonds. The molecule has 500 valence electrons. The van der Waals surface area contributed by atoms with Crippen LogP contribution >= 0.6 is 0 Å². The summed E-state index contributed by atoms with van der Waals surface area (Å²) < 4.78 is 30.5. The van der Waals surface area contributed by atoms with Crippen LogP contribution in [-0.2, 0) is 41.7 Å². The molecular formula is C70H98FN11O10. The van der Waals surface area contributed by atoms with Crippen LogP contribution < -0.4 is 31.0 Å². The van der Waals surface area contributed by atoms with Crippen molar-refractivity contribution in [1.82, 2.24) is 55.5 Å². The van der Waals surface area contributed by atoms with Gasteiger partial charge in [-0.15, -0.1) is 6.58 Å². The quantitative estimate of drug-likeness (QED) is 0.0345. The lowest BCUT2D eigenvalue weighted by Crippen LogP contribution is -2.53. The second-order valence-electron chi connectivity index (χ2n) is 22.6. The maximum Gasteiger partial charge on any atom is 0.272 e. The van der Waals surface area contributed by atoms with E-state index in [0.717, 1.165) is 88.6 Å². The van der Waals surface area contributed by atoms with Crippen LogP contribution in [0.4, 0.5) is 4.39 Å². The molecule has 0 saturated carbocycles. The summed E-state index contributed by atoms with van der Waals surface area (Å²) in [6, 6.07) is 26.1. The standard InChI is InChI=1S/C35H43FN8O5.C24H32N2O3.C5H9NO.C4H8O.C2H6/c36-30-6-5-26(20-31-27-3-1-2-4-28(27)34(48)39-38-31)19-29(30)35(49)44-17-15-43(16-18-44)33(47)23-40-9-7-25(8-10-40)22-41-11-13-42(14-12-41)32(46)21-37-24-45;1-4-29-23-14-22(28-3)11-10-20(23)15-25-16-24(27)26-12-6-9-21(17-26)19-8-5-7-18(2)13-19;1-3-4-5(7)6-2;1-3-4-5-2;1-2/h1-6,19,24-25H,7-18,20-23H2,(H,37,45)(H,39,48);5,7-8,10-11,13-14,21,25H,4,6,9,12,15-17H2,1-3H3;3-4H,1-2H3,(H,6,7);3H,1,4H2,2H3;1-2H3/b;;4-3+;;. The first-order valence-electron chi connectivity index (χ1n) is 32.1. The number of aromatic nitrogens is 2. The number of amides is 6. The third-order valence-electron chi connectivity index (χ3n) is 16.3. The van der Waals surface area contributed by atoms with Crippen LogP contribution in [0.1, 0.15) is 97.6 Å². The van der Waals surface area contributed by atoms with Gasteiger partial charge in [0, 0.05) is 122 Å². The van der Waals surface area contributed by atoms with Crippen LogP contribution in [0.3, 0.4) is 0 Å². The topological polar surface area (TPSA) is 231 Å². The Balaban J connectivity index is 0.000000300. The fraction of sp³-hybridized carbons (Fsp3) is 0.486. The molecule has 4 saturated heterocycles. The lowest BCUT2D eigenvalue weighted by molar-refractivity contribution is -0.134. The number of methoxy groups -OCH3 is 2. The summed E-state index contributed by atoms with van der Waals surface area (Å²) in [6.07, 6.45) is 9.95. The van der Waals surface area contributed by atoms with Crippen molar-refractivity contribution in [3.8, 4) is 11.5 Å². The highest BCUT2D eigenvalue weighted by atomic mass is 19.1. The third kappa shape index (κ3) is 23.7. The molecule has 5 heterocycles. The molecule has 0 aliphatic carbocycles. The summed E-state index contributed by atoms with van der Waals surface area (Å²) in [5, 5.41) is 16.1. The molecule has 22 heteroatoms. The van der Waals surface area contributed by atoms with E-state index in [1.165, 1.54) is 23.3 Å². The maximum atomic E-state index is 14.9. The fourth-order valence-electron chi connectivity index (χ4n) is 11.3. The number of carbonyl (C=O) groups excluding carboxylic acids is 6. The van der Waals surface area contributed by atoms with Gasteiger partial charge in [0.25, 0.3) is 11.5 Å². The lowest BCUT2D eigenvalue weighted by Gasteiger charge is -2.39. The van der Waals surface area contributed by atoms with Gasteiger partial charge in [-0.25, -0.2) is 9.49 Å². The molecule has 0 bridgehead atoms. The number of nitrogens with one attached hydrogen (secondary N) is 4. The number of aryl methyl sites for hydroxylation is 1. The predicted octanol–water partition coefficient (Wildman–Crippen LogP) is 6.59. The molecule has 4 aromatic carbocycles. The van der Waals surface area contributed by atoms with E-state index < -0.39 is 11.7 Å². The van der Waals surface area contributed by atoms with E-state index in [2.05, 4.69) is 78.5 Å². The Morgan fingerprint density at radius 1 is 0.772 bits per heavy atom. The average molecular weight is 1270 g/mol. The highest BCUT2D eigenvalue weighted by Crippen LogP contribution is 2.29. The van der Waals surface area contributed by atoms with Gasteiger partial charge in [-0.1, -0.05) is 86.2 Å². The lowest BCUT2D eigenvalue weighted by atomic mass is 9.90. The van der Waals surface area contributed by atoms with Crippen molar-refractivity contribution in [2.75, 3.05) is 139 Å². The minimum absolute atomic E-state index is 0.0175. The maximum absolute atomic E-state index is 14.9. The molecular weight excluding hydrogens is 1170 g/mol. The molecule has 92 heavy (non-hydrogen) atoms. The van der Waals surface area contributed by atoms with Crippen LogP contribution in [0.25, 0.3) is 10.8 Å². The summed E-state index contributed by atoms with van der Waals surface area (Å²) in [6.45, 7) is 24.6. The smallest absolute Gasteiger partial charge is 0.272 e. The van der Waals surface area contributed by atoms with Gasteiger partial charge in [-0.05, 0) is 107 Å². The summed E-state index contributed by atoms with van der Waals surface area (Å²) in [5.41, 5.74) is 4.68. The summed E-state index contributed by atoms with van der Waals surface area (Å²) >= 11 is 0. The summed E-state index contributed by atoms with van der Waals surface area (Å²) in [7, 11) is 4.88. The van der Waals surface area contributed by atoms with Gasteiger partial charge in [0.2, 0.25) is 30.0 Å². The average Bonchev–Trinajstić information content (AvgIpc) is 0.938. The number of piperidine rings is 2. The molecule has 9 rings (SSSR count). The molecule has 4 fully saturated rings. The molecule has 5 aromatic rings. The number of likely N-dealkylation sites (tertiary alicyclic amines) is 2. The molecule has 1 atom stereocenters. The first kappa shape index (κ1) is 74.4. The SMILES string of the molecule is C/C=C/C(=O)NC.C=CCOC.CC.CCOc1cc(OC)ccc1CNCC(=O)N1CCCC(c2cccc(C)c2)C1.O=CNCC(=O)N1CCN(CC2CCN(CC(=O)N3CCN(C(=O)c4cc(Cc5n[nH]c(=O)c6ccccc56)ccc4F)CC3)CC2)CC1. The van der Waals surface area contributed by atoms with E-state index in [4.69, 9.17) is 9.47 Å². The number of halogens is 1. The van der Waals surface area contributed by atoms with Gasteiger partial charge in [-0.2, -0.15) is 5.10 Å². The minimum atomic E-state index is -0.601. The van der Waals surface area contributed by atoms with Crippen molar-refractivity contribution >= 4 is 46.7 Å². The largest absolute Gasteiger partial charge is 0.497 e. The van der Waals surface area contributed by atoms with E-state index in [-0.39, 0.29) is 41.3 Å². The number of H-pyrrole nitrogens is 1. The summed E-state index contributed by atoms with van der Waals surface area (Å²) in [5.74, 6) is 1.63. The molecule has 4 aliphatic heterocycles. The van der Waals surface area contributed by atoms with Crippen LogP contribution in [0, 0.1) is 18.7 Å². The molecule has 1 unspecified atom stereocenters. The van der Waals surface area contributed by atoms with Crippen molar-refractivity contribution in [1.29, 1.82) is 0 Å². The molecule has 0 radical (unpaired) electrons. The van der Waals surface area contributed by atoms with Crippen molar-refractivity contribution in [2.45, 2.75) is 79.2 Å². The van der Waals surface area contributed by atoms with Crippen molar-refractivity contribution in [3.05, 3.63) is 159 Å². The van der Waals surface area contributed by atoms with Gasteiger partial charge in [0.05, 0.1) is 56.6 Å². The first-order chi connectivity index (χ1) is 44.6. The van der Waals surface area contributed by atoms with E-state index in [1.54, 1.807) is 79.3 Å². The second-order valence-corrected chi connectivity index (χ2v) is 22.6. The van der Waals surface area contributed by atoms with Crippen LogP contribution in [0.2, 0.25) is 0 Å². The number of carbonyl (C=O) groups is 6. The first-order valence-corrected chi connectivity index (χ1v) is 32.1. The van der Waals surface area contributed by atoms with Crippen molar-refractivity contribution in [2.24, 2.45) is 5.92 Å². The number of nitrogens with zero attached hydrogens (tertiary/aromatic N) is 7. The second kappa shape index (κ2) is 40.5. The van der Waals surface area contributed by atoms with Gasteiger partial charge in [0.15, 0.2) is 0 Å². The van der Waals surface area contributed by atoms with E-state index in [0.29, 0.717) is 119 Å². The van der Waals surface area contributed by atoms with E-state index in [1.807, 2.05) is 56.0 Å². The zero-order chi connectivity index (χ0) is 66.8. The van der Waals surface area contributed by atoms with Crippen molar-refractivity contribution < 1.29 is 47.4 Å². The molecule has 4 aliphatic rings. The Bertz CT molecular complexity index is 3230. The number of hydrogen-bond acceptors (Lipinski definition) is 14. The Morgan fingerprint density at radius 2 is 1.46 bits per heavy atom. The Morgan fingerprint density at radius 3 is 2.09 bits per heavy atom. The van der Waals surface area contributed by atoms with E-state index in [9.17, 15) is 38.0 Å². The summed E-state index contributed by atoms with van der Waals surface area (Å²) in [4.78, 5) is 96.1. The van der Waals surface area contributed by atoms with Gasteiger partial charge >= 0.3 is 0 Å². The molecule has 4 N–H and O–H groups in total. The highest BCUT2D eigenvalue weighted by molar-refractivity contribution is 5.95. The monoisotopic (exact) mass is 1270 g/mol. The third-order valence-corrected chi connectivity index (χ3v) is 16.3. The number of aromatic amines is 1. The number of likely N-dealkylation sites (N-methyl/N-ethyl adjacent to an activating group) is 1. The zero-order valence-electron chi connectivity index (χ0n) is 55.3. The van der Waals surface area contributed by atoms with Crippen LogP contribution in [-0.4, -0.2) is 215 Å². The number of ether oxygens (including phenoxy) is 3. The number of allylic oxidation sites excluding steroid dienone is 1. The Kier molecular flexibility index (Phi) is 32.8. The molecule has 21 nitrogen and oxygen atoms in total. The van der Waals surface area contributed by atoms with E-state index >= 15 is 0 Å². The predicted molar refractivity (Wildman–Crippen MR) is 358 cm³/mol. The fourth-order valence-corrected chi connectivity index (χ4v) is 11.3. The Labute approximate surface area is 542 Å². The number of rotatable bonds is 21.